The molecule has 7 heterocycles. The van der Waals surface area contributed by atoms with Crippen LogP contribution in [0.25, 0.3) is 11.1 Å². The van der Waals surface area contributed by atoms with Crippen molar-refractivity contribution < 1.29 is 136 Å². The van der Waals surface area contributed by atoms with Gasteiger partial charge in [-0.15, -0.1) is 0 Å². The molecule has 0 aromatic heterocycles. The highest BCUT2D eigenvalue weighted by atomic mass is 35.5. The number of hydrogen-bond donors (Lipinski definition) is 22. The number of ether oxygens (including phenoxy) is 7. The summed E-state index contributed by atoms with van der Waals surface area (Å²) in [6, 6.07) is 2.72. The minimum atomic E-state index is -3.91. The first kappa shape index (κ1) is 97.8. The maximum Gasteiger partial charge on any atom is 0.330 e. The molecule has 0 radical (unpaired) electrons. The number of sulfonamides is 1. The number of amides is 8. The molecule has 0 saturated carbocycles. The molecule has 0 spiro atoms. The van der Waals surface area contributed by atoms with Gasteiger partial charge in [0.05, 0.1) is 63.9 Å². The predicted octanol–water partition coefficient (Wildman–Crippen LogP) is 2.03. The minimum absolute atomic E-state index is 0.0257. The predicted molar refractivity (Wildman–Crippen MR) is 454 cm³/mol. The second kappa shape index (κ2) is 42.2. The van der Waals surface area contributed by atoms with Crippen molar-refractivity contribution in [3.8, 4) is 62.9 Å². The zero-order valence-corrected chi connectivity index (χ0v) is 72.9. The number of phenols is 3. The first-order chi connectivity index (χ1) is 60.6. The average molecular weight is 1850 g/mol. The molecule has 8 amide bonds. The van der Waals surface area contributed by atoms with Crippen LogP contribution in [0.4, 0.5) is 0 Å². The van der Waals surface area contributed by atoms with Crippen molar-refractivity contribution in [2.45, 2.75) is 220 Å². The van der Waals surface area contributed by atoms with Crippen molar-refractivity contribution >= 4 is 86.5 Å². The zero-order valence-electron chi connectivity index (χ0n) is 70.5. The monoisotopic (exact) mass is 1840 g/mol. The molecular weight excluding hydrogens is 1740 g/mol. The summed E-state index contributed by atoms with van der Waals surface area (Å²) < 4.78 is 73.5. The van der Waals surface area contributed by atoms with E-state index in [1.165, 1.54) is 46.0 Å². The van der Waals surface area contributed by atoms with Crippen LogP contribution in [0.3, 0.4) is 0 Å². The highest BCUT2D eigenvalue weighted by Gasteiger charge is 2.53. The number of halogens is 2. The standard InChI is InChI=1S/C85H106Cl2N12O28S/c1-8-9-25-121-44-16-18-45(19-17-44)128(119,120)92-24-12-10-11-23-91-35-48-54(102)32-47-62(70(48)106)46-27-40(13-20-53(46)101)63-79(113)98-67(82(116)96-65(47)83(117)118)69(105)42-15-22-56(50(87)29-42)124-58-31-43-30-57(73(58)127-84-74(72(108)71(107)59(36-100)125-84)126-61-34-85(6,75(109)39(5)122-61)99-76(110)38(4)88)123-55-21-14-41(28-49(55)86)68(104)66(97-77(111)51(90-7)26-37(2)3)81(115)93-52(33-60(89)103)78(112)94-64(43)80(114)95-63/h13-22,27-32,37-39,51-52,59,61,63-69,71-72,74-75,84,90-92,100-102,104-109H,8-12,23-26,33-36,88H2,1-7H3,(H2,89,103)(H,93,115)(H,94,112)(H,95,114)(H,96,116)(H,97,111)(H,98,113)(H,99,110)(H,117,118)/t38-,39+,51-,52+,59-,61+,63-,64-,65+,66-,67+,68-,69-,71-,72+,74-,75-,84+,85+/m1/s1. The third kappa shape index (κ3) is 22.7. The van der Waals surface area contributed by atoms with Gasteiger partial charge in [-0.1, -0.05) is 75.0 Å². The first-order valence-corrected chi connectivity index (χ1v) is 43.6. The van der Waals surface area contributed by atoms with Crippen LogP contribution in [0.15, 0.2) is 102 Å². The number of hydrogen-bond acceptors (Lipinski definition) is 30. The third-order valence-electron chi connectivity index (χ3n) is 22.4. The lowest BCUT2D eigenvalue weighted by molar-refractivity contribution is -0.334. The van der Waals surface area contributed by atoms with Gasteiger partial charge in [0.15, 0.2) is 29.9 Å². The van der Waals surface area contributed by atoms with Gasteiger partial charge in [-0.3, -0.25) is 38.4 Å². The van der Waals surface area contributed by atoms with Gasteiger partial charge in [0.25, 0.3) is 0 Å². The third-order valence-corrected chi connectivity index (χ3v) is 24.4. The van der Waals surface area contributed by atoms with E-state index in [0.29, 0.717) is 31.6 Å². The molecule has 24 N–H and O–H groups in total. The Morgan fingerprint density at radius 1 is 0.695 bits per heavy atom. The number of aliphatic carboxylic acids is 1. The highest BCUT2D eigenvalue weighted by Crippen LogP contribution is 2.51. The largest absolute Gasteiger partial charge is 0.507 e. The van der Waals surface area contributed by atoms with Gasteiger partial charge < -0.3 is 144 Å². The number of carbonyl (C=O) groups is 9. The number of primary amides is 1. The van der Waals surface area contributed by atoms with Crippen molar-refractivity contribution in [2.24, 2.45) is 17.4 Å². The van der Waals surface area contributed by atoms with E-state index in [-0.39, 0.29) is 47.0 Å². The number of aromatic hydroxyl groups is 3. The number of likely N-dealkylation sites (N-methyl/N-ethyl adjacent to an activating group) is 1. The Morgan fingerprint density at radius 3 is 1.93 bits per heavy atom. The molecule has 19 atom stereocenters. The Labute approximate surface area is 744 Å². The Morgan fingerprint density at radius 2 is 1.32 bits per heavy atom. The molecule has 128 heavy (non-hydrogen) atoms. The molecule has 6 aromatic rings. The van der Waals surface area contributed by atoms with Crippen LogP contribution in [-0.2, 0) is 73.9 Å². The van der Waals surface area contributed by atoms with Gasteiger partial charge in [0.2, 0.25) is 69.3 Å². The summed E-state index contributed by atoms with van der Waals surface area (Å²) in [6.07, 6.45) is -17.0. The number of benzene rings is 6. The van der Waals surface area contributed by atoms with Crippen LogP contribution in [0.1, 0.15) is 157 Å². The fourth-order valence-electron chi connectivity index (χ4n) is 15.3. The van der Waals surface area contributed by atoms with E-state index in [1.54, 1.807) is 26.0 Å². The van der Waals surface area contributed by atoms with Crippen LogP contribution in [-0.4, -0.2) is 231 Å². The summed E-state index contributed by atoms with van der Waals surface area (Å²) in [6.45, 7) is 9.17. The molecule has 0 aliphatic carbocycles. The number of nitrogens with two attached hydrogens (primary N) is 2. The van der Waals surface area contributed by atoms with Crippen molar-refractivity contribution in [2.75, 3.05) is 33.4 Å². The number of phenolic OH excluding ortho intramolecular Hbond substituents is 3. The number of aliphatic hydroxyl groups excluding tert-OH is 6. The van der Waals surface area contributed by atoms with Crippen LogP contribution in [0.5, 0.6) is 51.7 Å². The number of aliphatic hydroxyl groups is 6. The SMILES string of the molecule is CCCCOc1ccc(S(=O)(=O)NCCCCCNCc2c(O)cc3c(c2O)-c2cc(ccc2O)[C@H]2NC(=O)[C@@H]4NC(=O)[C@H](CC(N)=O)NC(=O)[C@H](NC(=O)[C@@H](CC(C)C)NC)[C@H](O)c5ccc(c(Cl)c5)Oc5cc4cc(c5O[C@@H]4O[C@H](CO)[C@@H](O)[C@H](O)[C@H]4O[C@H]4C[C@](C)(NC(=O)[C@@H](C)N)[C@H](O)[C@H](C)O4)Oc4ccc(cc4Cl)[C@@H](O)[C@H](NC2=O)C(=O)N[C@@H]3C(=O)O)cc1. The van der Waals surface area contributed by atoms with Crippen molar-refractivity contribution in [3.05, 3.63) is 140 Å². The maximum absolute atomic E-state index is 16.4. The van der Waals surface area contributed by atoms with Crippen molar-refractivity contribution in [1.29, 1.82) is 0 Å². The Kier molecular flexibility index (Phi) is 32.2. The summed E-state index contributed by atoms with van der Waals surface area (Å²) in [5, 5.41) is 141. The van der Waals surface area contributed by atoms with Crippen LogP contribution in [0, 0.1) is 5.92 Å². The number of rotatable bonds is 29. The van der Waals surface area contributed by atoms with Gasteiger partial charge in [0.1, 0.15) is 101 Å². The number of unbranched alkanes of at least 4 members (excludes halogenated alkanes) is 3. The van der Waals surface area contributed by atoms with Gasteiger partial charge in [0, 0.05) is 36.2 Å². The summed E-state index contributed by atoms with van der Waals surface area (Å²) in [7, 11) is -2.45. The van der Waals surface area contributed by atoms with Gasteiger partial charge >= 0.3 is 5.97 Å². The van der Waals surface area contributed by atoms with E-state index in [1.807, 2.05) is 6.92 Å². The average Bonchev–Trinajstić information content (AvgIpc) is 0.755. The molecule has 7 aliphatic heterocycles. The topological polar surface area (TPSA) is 627 Å². The van der Waals surface area contributed by atoms with E-state index < -0.39 is 288 Å². The van der Waals surface area contributed by atoms with Crippen LogP contribution in [0.2, 0.25) is 10.0 Å². The highest BCUT2D eigenvalue weighted by molar-refractivity contribution is 7.89. The Balaban J connectivity index is 1.06. The number of carbonyl (C=O) groups excluding carboxylic acids is 8. The molecule has 13 rings (SSSR count). The number of carboxylic acid groups (broad SMARTS) is 1. The molecule has 40 nitrogen and oxygen atoms in total. The van der Waals surface area contributed by atoms with Crippen LogP contribution < -0.4 is 83.0 Å². The first-order valence-electron chi connectivity index (χ1n) is 41.3. The van der Waals surface area contributed by atoms with Gasteiger partial charge in [-0.25, -0.2) is 17.9 Å². The quantitative estimate of drug-likeness (QED) is 0.0299. The van der Waals surface area contributed by atoms with Crippen molar-refractivity contribution in [1.82, 2.24) is 52.6 Å². The zero-order chi connectivity index (χ0) is 93.2. The summed E-state index contributed by atoms with van der Waals surface area (Å²) in [5.41, 5.74) is 6.61. The molecule has 694 valence electrons. The fraction of sp³-hybridized carbons (Fsp3) is 0.471. The van der Waals surface area contributed by atoms with Crippen LogP contribution >= 0.6 is 23.2 Å². The maximum atomic E-state index is 16.4. The smallest absolute Gasteiger partial charge is 0.330 e. The lowest BCUT2D eigenvalue weighted by Gasteiger charge is -2.48. The Hall–Kier alpha value is -10.8. The van der Waals surface area contributed by atoms with Gasteiger partial charge in [-0.05, 0) is 167 Å². The molecule has 6 aromatic carbocycles. The van der Waals surface area contributed by atoms with E-state index in [0.717, 1.165) is 79.6 Å². The molecule has 11 bridgehead atoms. The number of fused-ring (bicyclic) bond motifs is 15. The molecule has 2 saturated heterocycles. The lowest BCUT2D eigenvalue weighted by Crippen LogP contribution is -2.67. The van der Waals surface area contributed by atoms with E-state index in [9.17, 15) is 78.7 Å². The summed E-state index contributed by atoms with van der Waals surface area (Å²) in [5.74, 6) is -17.0. The van der Waals surface area contributed by atoms with Gasteiger partial charge in [-0.2, -0.15) is 0 Å². The summed E-state index contributed by atoms with van der Waals surface area (Å²) >= 11 is 14.3. The molecule has 7 aliphatic rings. The lowest BCUT2D eigenvalue weighted by atomic mass is 9.84. The second-order valence-electron chi connectivity index (χ2n) is 32.5. The molecule has 2 fully saturated rings. The minimum Gasteiger partial charge on any atom is -0.507 e. The van der Waals surface area contributed by atoms with E-state index in [4.69, 9.17) is 67.8 Å². The van der Waals surface area contributed by atoms with E-state index in [2.05, 4.69) is 52.6 Å². The number of carboxylic acids is 1. The Bertz CT molecular complexity index is 5240. The second-order valence-corrected chi connectivity index (χ2v) is 35.1. The molecular formula is C85H106Cl2N12O28S. The number of nitrogens with one attached hydrogen (secondary N) is 10. The van der Waals surface area contributed by atoms with E-state index >= 15 is 24.0 Å². The summed E-state index contributed by atoms with van der Waals surface area (Å²) in [4.78, 5) is 133. The molecule has 43 heteroatoms. The van der Waals surface area contributed by atoms with Crippen molar-refractivity contribution in [3.63, 3.8) is 0 Å². The normalized spacial score (nSPS) is 26.0. The molecule has 0 unspecified atom stereocenters. The fourth-order valence-corrected chi connectivity index (χ4v) is 16.9.